The van der Waals surface area contributed by atoms with E-state index < -0.39 is 0 Å². The molecule has 1 aromatic heterocycles. The van der Waals surface area contributed by atoms with Crippen LogP contribution in [0.3, 0.4) is 0 Å². The standard InChI is InChI=1S/C17H15N3/c1-2-4-16(5-3-1)20-12-15(11-19-20)13-6-7-17-14(10-13)8-9-18-17/h1-7,10-12,18H,8-9H2. The van der Waals surface area contributed by atoms with E-state index in [9.17, 15) is 0 Å². The zero-order valence-electron chi connectivity index (χ0n) is 11.1. The molecule has 20 heavy (non-hydrogen) atoms. The highest BCUT2D eigenvalue weighted by Gasteiger charge is 2.11. The molecule has 1 aliphatic heterocycles. The monoisotopic (exact) mass is 261 g/mol. The van der Waals surface area contributed by atoms with Crippen molar-refractivity contribution >= 4 is 5.69 Å². The number of aromatic nitrogens is 2. The lowest BCUT2D eigenvalue weighted by Crippen LogP contribution is -1.92. The van der Waals surface area contributed by atoms with Crippen molar-refractivity contribution in [2.24, 2.45) is 0 Å². The number of para-hydroxylation sites is 1. The van der Waals surface area contributed by atoms with Gasteiger partial charge in [0.05, 0.1) is 11.9 Å². The maximum Gasteiger partial charge on any atom is 0.0645 e. The minimum absolute atomic E-state index is 1.04. The molecule has 2 aromatic carbocycles. The second-order valence-electron chi connectivity index (χ2n) is 5.06. The normalized spacial score (nSPS) is 13.0. The van der Waals surface area contributed by atoms with Crippen molar-refractivity contribution in [1.29, 1.82) is 0 Å². The molecule has 0 saturated heterocycles. The van der Waals surface area contributed by atoms with Gasteiger partial charge in [0, 0.05) is 24.0 Å². The smallest absolute Gasteiger partial charge is 0.0645 e. The summed E-state index contributed by atoms with van der Waals surface area (Å²) >= 11 is 0. The zero-order valence-corrected chi connectivity index (χ0v) is 11.1. The number of nitrogens with zero attached hydrogens (tertiary/aromatic N) is 2. The van der Waals surface area contributed by atoms with E-state index in [1.54, 1.807) is 0 Å². The third-order valence-corrected chi connectivity index (χ3v) is 3.75. The first-order valence-corrected chi connectivity index (χ1v) is 6.87. The third kappa shape index (κ3) is 1.88. The molecule has 4 rings (SSSR count). The van der Waals surface area contributed by atoms with Crippen molar-refractivity contribution in [2.75, 3.05) is 11.9 Å². The van der Waals surface area contributed by atoms with E-state index in [1.165, 1.54) is 16.8 Å². The molecule has 98 valence electrons. The summed E-state index contributed by atoms with van der Waals surface area (Å²) in [6.45, 7) is 1.04. The first kappa shape index (κ1) is 11.3. The number of hydrogen-bond donors (Lipinski definition) is 1. The summed E-state index contributed by atoms with van der Waals surface area (Å²) < 4.78 is 1.92. The fourth-order valence-corrected chi connectivity index (χ4v) is 2.68. The maximum absolute atomic E-state index is 4.46. The average molecular weight is 261 g/mol. The van der Waals surface area contributed by atoms with Gasteiger partial charge >= 0.3 is 0 Å². The van der Waals surface area contributed by atoms with Gasteiger partial charge in [0.15, 0.2) is 0 Å². The molecule has 0 fully saturated rings. The summed E-state index contributed by atoms with van der Waals surface area (Å²) in [5.41, 5.74) is 6.14. The molecule has 3 heteroatoms. The number of benzene rings is 2. The lowest BCUT2D eigenvalue weighted by atomic mass is 10.0. The van der Waals surface area contributed by atoms with Crippen LogP contribution in [0, 0.1) is 0 Å². The molecular weight excluding hydrogens is 246 g/mol. The van der Waals surface area contributed by atoms with Gasteiger partial charge in [-0.1, -0.05) is 24.3 Å². The lowest BCUT2D eigenvalue weighted by Gasteiger charge is -2.03. The largest absolute Gasteiger partial charge is 0.384 e. The van der Waals surface area contributed by atoms with E-state index in [0.29, 0.717) is 0 Å². The van der Waals surface area contributed by atoms with Crippen molar-refractivity contribution in [3.8, 4) is 16.8 Å². The SMILES string of the molecule is c1ccc(-n2cc(-c3ccc4c(c3)CCN4)cn2)cc1. The minimum atomic E-state index is 1.04. The van der Waals surface area contributed by atoms with Crippen molar-refractivity contribution < 1.29 is 0 Å². The molecule has 0 saturated carbocycles. The van der Waals surface area contributed by atoms with Crippen molar-refractivity contribution in [1.82, 2.24) is 9.78 Å². The molecule has 0 amide bonds. The second-order valence-corrected chi connectivity index (χ2v) is 5.06. The first-order chi connectivity index (χ1) is 9.90. The third-order valence-electron chi connectivity index (χ3n) is 3.75. The Bertz CT molecular complexity index is 744. The van der Waals surface area contributed by atoms with Gasteiger partial charge in [-0.3, -0.25) is 0 Å². The predicted molar refractivity (Wildman–Crippen MR) is 81.2 cm³/mol. The predicted octanol–water partition coefficient (Wildman–Crippen LogP) is 3.51. The molecule has 0 unspecified atom stereocenters. The number of rotatable bonds is 2. The van der Waals surface area contributed by atoms with Crippen molar-refractivity contribution in [2.45, 2.75) is 6.42 Å². The number of fused-ring (bicyclic) bond motifs is 1. The van der Waals surface area contributed by atoms with Crippen LogP contribution in [0.4, 0.5) is 5.69 Å². The summed E-state index contributed by atoms with van der Waals surface area (Å²) in [7, 11) is 0. The minimum Gasteiger partial charge on any atom is -0.384 e. The van der Waals surface area contributed by atoms with E-state index in [2.05, 4.69) is 46.9 Å². The summed E-state index contributed by atoms with van der Waals surface area (Å²) in [4.78, 5) is 0. The molecule has 2 heterocycles. The van der Waals surface area contributed by atoms with Gasteiger partial charge < -0.3 is 5.32 Å². The van der Waals surface area contributed by atoms with Gasteiger partial charge in [-0.2, -0.15) is 5.10 Å². The fourth-order valence-electron chi connectivity index (χ4n) is 2.68. The van der Waals surface area contributed by atoms with Crippen molar-refractivity contribution in [3.05, 3.63) is 66.5 Å². The fraction of sp³-hybridized carbons (Fsp3) is 0.118. The van der Waals surface area contributed by atoms with Gasteiger partial charge in [-0.25, -0.2) is 4.68 Å². The zero-order chi connectivity index (χ0) is 13.4. The van der Waals surface area contributed by atoms with E-state index in [4.69, 9.17) is 0 Å². The second kappa shape index (κ2) is 4.53. The van der Waals surface area contributed by atoms with Gasteiger partial charge in [0.25, 0.3) is 0 Å². The van der Waals surface area contributed by atoms with Crippen molar-refractivity contribution in [3.63, 3.8) is 0 Å². The molecule has 1 aliphatic rings. The van der Waals surface area contributed by atoms with Gasteiger partial charge in [-0.15, -0.1) is 0 Å². The van der Waals surface area contributed by atoms with Crippen LogP contribution in [0.2, 0.25) is 0 Å². The van der Waals surface area contributed by atoms with E-state index in [0.717, 1.165) is 24.2 Å². The summed E-state index contributed by atoms with van der Waals surface area (Å²) in [6, 6.07) is 16.8. The molecule has 3 nitrogen and oxygen atoms in total. The maximum atomic E-state index is 4.46. The van der Waals surface area contributed by atoms with Gasteiger partial charge in [-0.05, 0) is 41.8 Å². The average Bonchev–Trinajstić information content (AvgIpc) is 3.16. The molecule has 0 aliphatic carbocycles. The Morgan fingerprint density at radius 3 is 2.80 bits per heavy atom. The Labute approximate surface area is 117 Å². The summed E-state index contributed by atoms with van der Waals surface area (Å²) in [5.74, 6) is 0. The Hall–Kier alpha value is -2.55. The Morgan fingerprint density at radius 2 is 1.90 bits per heavy atom. The van der Waals surface area contributed by atoms with Crippen LogP contribution in [0.1, 0.15) is 5.56 Å². The highest BCUT2D eigenvalue weighted by Crippen LogP contribution is 2.28. The Balaban J connectivity index is 1.72. The van der Waals surface area contributed by atoms with Gasteiger partial charge in [0.2, 0.25) is 0 Å². The van der Waals surface area contributed by atoms with E-state index >= 15 is 0 Å². The van der Waals surface area contributed by atoms with Crippen LogP contribution in [0.15, 0.2) is 60.9 Å². The van der Waals surface area contributed by atoms with E-state index in [1.807, 2.05) is 29.1 Å². The van der Waals surface area contributed by atoms with Gasteiger partial charge in [0.1, 0.15) is 0 Å². The lowest BCUT2D eigenvalue weighted by molar-refractivity contribution is 0.881. The number of anilines is 1. The van der Waals surface area contributed by atoms with E-state index in [-0.39, 0.29) is 0 Å². The highest BCUT2D eigenvalue weighted by molar-refractivity contribution is 5.69. The van der Waals surface area contributed by atoms with Crippen LogP contribution >= 0.6 is 0 Å². The molecule has 1 N–H and O–H groups in total. The van der Waals surface area contributed by atoms with Crippen LogP contribution in [0.5, 0.6) is 0 Å². The molecule has 0 radical (unpaired) electrons. The van der Waals surface area contributed by atoms with Crippen LogP contribution < -0.4 is 5.32 Å². The Kier molecular flexibility index (Phi) is 2.56. The molecule has 0 spiro atoms. The Morgan fingerprint density at radius 1 is 1.00 bits per heavy atom. The highest BCUT2D eigenvalue weighted by atomic mass is 15.3. The van der Waals surface area contributed by atoms with Crippen LogP contribution in [-0.4, -0.2) is 16.3 Å². The molecule has 0 bridgehead atoms. The topological polar surface area (TPSA) is 29.9 Å². The quantitative estimate of drug-likeness (QED) is 0.765. The molecule has 0 atom stereocenters. The van der Waals surface area contributed by atoms with Crippen LogP contribution in [-0.2, 0) is 6.42 Å². The molecule has 3 aromatic rings. The summed E-state index contributed by atoms with van der Waals surface area (Å²) in [5, 5.41) is 7.85. The van der Waals surface area contributed by atoms with Crippen LogP contribution in [0.25, 0.3) is 16.8 Å². The number of hydrogen-bond acceptors (Lipinski definition) is 2. The number of nitrogens with one attached hydrogen (secondary N) is 1. The molecular formula is C17H15N3. The first-order valence-electron chi connectivity index (χ1n) is 6.87. The summed E-state index contributed by atoms with van der Waals surface area (Å²) in [6.07, 6.45) is 5.12.